The van der Waals surface area contributed by atoms with E-state index < -0.39 is 15.8 Å². The van der Waals surface area contributed by atoms with Crippen molar-refractivity contribution in [2.45, 2.75) is 25.2 Å². The van der Waals surface area contributed by atoms with E-state index in [0.29, 0.717) is 31.7 Å². The molecule has 1 heterocycles. The third kappa shape index (κ3) is 3.55. The quantitative estimate of drug-likeness (QED) is 0.839. The van der Waals surface area contributed by atoms with E-state index in [2.05, 4.69) is 24.0 Å². The van der Waals surface area contributed by atoms with Crippen LogP contribution in [0.3, 0.4) is 0 Å². The monoisotopic (exact) mass is 362 g/mol. The summed E-state index contributed by atoms with van der Waals surface area (Å²) in [5.41, 5.74) is 2.90. The van der Waals surface area contributed by atoms with E-state index in [1.165, 1.54) is 33.8 Å². The molecule has 0 saturated carbocycles. The lowest BCUT2D eigenvalue weighted by Crippen LogP contribution is -2.49. The van der Waals surface area contributed by atoms with E-state index in [1.54, 1.807) is 6.92 Å². The molecule has 6 heteroatoms. The van der Waals surface area contributed by atoms with Gasteiger partial charge in [-0.25, -0.2) is 12.8 Å². The molecule has 4 nitrogen and oxygen atoms in total. The van der Waals surface area contributed by atoms with Crippen LogP contribution in [0, 0.1) is 12.7 Å². The van der Waals surface area contributed by atoms with Gasteiger partial charge in [-0.05, 0) is 48.7 Å². The van der Waals surface area contributed by atoms with Crippen molar-refractivity contribution in [1.82, 2.24) is 4.31 Å². The summed E-state index contributed by atoms with van der Waals surface area (Å²) in [6, 6.07) is 12.1. The molecule has 1 aliphatic heterocycles. The molecule has 3 rings (SSSR count). The van der Waals surface area contributed by atoms with Crippen LogP contribution in [-0.4, -0.2) is 38.9 Å². The van der Waals surface area contributed by atoms with Crippen LogP contribution in [0.5, 0.6) is 0 Å². The second kappa shape index (κ2) is 7.14. The molecular weight excluding hydrogens is 339 g/mol. The molecule has 0 bridgehead atoms. The average Bonchev–Trinajstić information content (AvgIpc) is 2.61. The first-order chi connectivity index (χ1) is 11.9. The van der Waals surface area contributed by atoms with Gasteiger partial charge in [-0.2, -0.15) is 4.31 Å². The molecule has 0 amide bonds. The van der Waals surface area contributed by atoms with Crippen LogP contribution in [-0.2, 0) is 16.4 Å². The minimum atomic E-state index is -3.59. The first kappa shape index (κ1) is 17.9. The van der Waals surface area contributed by atoms with Crippen LogP contribution >= 0.6 is 0 Å². The van der Waals surface area contributed by atoms with Crippen LogP contribution in [0.15, 0.2) is 47.4 Å². The average molecular weight is 362 g/mol. The highest BCUT2D eigenvalue weighted by atomic mass is 32.2. The van der Waals surface area contributed by atoms with Crippen LogP contribution in [0.25, 0.3) is 0 Å². The summed E-state index contributed by atoms with van der Waals surface area (Å²) in [7, 11) is -3.59. The zero-order valence-corrected chi connectivity index (χ0v) is 15.4. The van der Waals surface area contributed by atoms with E-state index in [9.17, 15) is 12.8 Å². The van der Waals surface area contributed by atoms with Gasteiger partial charge in [0, 0.05) is 31.9 Å². The number of hydrogen-bond donors (Lipinski definition) is 0. The van der Waals surface area contributed by atoms with Gasteiger partial charge in [0.15, 0.2) is 0 Å². The summed E-state index contributed by atoms with van der Waals surface area (Å²) >= 11 is 0. The van der Waals surface area contributed by atoms with Crippen molar-refractivity contribution >= 4 is 15.7 Å². The normalized spacial score (nSPS) is 16.2. The second-order valence-corrected chi connectivity index (χ2v) is 8.19. The van der Waals surface area contributed by atoms with Crippen molar-refractivity contribution in [1.29, 1.82) is 0 Å². The Balaban J connectivity index is 1.77. The van der Waals surface area contributed by atoms with Crippen molar-refractivity contribution in [2.75, 3.05) is 31.1 Å². The lowest BCUT2D eigenvalue weighted by Gasteiger charge is -2.36. The Labute approximate surface area is 148 Å². The van der Waals surface area contributed by atoms with Gasteiger partial charge in [0.2, 0.25) is 10.0 Å². The SMILES string of the molecule is CCc1ccccc1N1CCN(S(=O)(=O)c2ccc(F)cc2C)CC1. The topological polar surface area (TPSA) is 40.6 Å². The van der Waals surface area contributed by atoms with E-state index in [4.69, 9.17) is 0 Å². The van der Waals surface area contributed by atoms with Crippen molar-refractivity contribution in [2.24, 2.45) is 0 Å². The molecule has 0 N–H and O–H groups in total. The number of hydrogen-bond acceptors (Lipinski definition) is 3. The van der Waals surface area contributed by atoms with Gasteiger partial charge < -0.3 is 4.90 Å². The predicted molar refractivity (Wildman–Crippen MR) is 97.9 cm³/mol. The molecule has 2 aromatic rings. The third-order valence-corrected chi connectivity index (χ3v) is 6.77. The first-order valence-corrected chi connectivity index (χ1v) is 9.96. The molecule has 134 valence electrons. The molecule has 0 spiro atoms. The maximum absolute atomic E-state index is 13.3. The van der Waals surface area contributed by atoms with Crippen LogP contribution in [0.4, 0.5) is 10.1 Å². The number of anilines is 1. The van der Waals surface area contributed by atoms with E-state index in [1.807, 2.05) is 12.1 Å². The molecule has 1 fully saturated rings. The summed E-state index contributed by atoms with van der Waals surface area (Å²) in [6.07, 6.45) is 0.948. The zero-order chi connectivity index (χ0) is 18.0. The number of aryl methyl sites for hydroxylation is 2. The van der Waals surface area contributed by atoms with Crippen LogP contribution in [0.2, 0.25) is 0 Å². The summed E-state index contributed by atoms with van der Waals surface area (Å²) in [5, 5.41) is 0. The van der Waals surface area contributed by atoms with E-state index in [-0.39, 0.29) is 4.90 Å². The largest absolute Gasteiger partial charge is 0.369 e. The smallest absolute Gasteiger partial charge is 0.243 e. The first-order valence-electron chi connectivity index (χ1n) is 8.52. The Morgan fingerprint density at radius 1 is 1.04 bits per heavy atom. The van der Waals surface area contributed by atoms with E-state index >= 15 is 0 Å². The molecule has 0 atom stereocenters. The van der Waals surface area contributed by atoms with Crippen molar-refractivity contribution in [3.63, 3.8) is 0 Å². The standard InChI is InChI=1S/C19H23FN2O2S/c1-3-16-6-4-5-7-18(16)21-10-12-22(13-11-21)25(23,24)19-9-8-17(20)14-15(19)2/h4-9,14H,3,10-13H2,1-2H3. The highest BCUT2D eigenvalue weighted by molar-refractivity contribution is 7.89. The molecular formula is C19H23FN2O2S. The fourth-order valence-electron chi connectivity index (χ4n) is 3.33. The molecule has 0 aliphatic carbocycles. The number of piperazine rings is 1. The zero-order valence-electron chi connectivity index (χ0n) is 14.6. The van der Waals surface area contributed by atoms with Gasteiger partial charge in [-0.15, -0.1) is 0 Å². The Morgan fingerprint density at radius 3 is 2.36 bits per heavy atom. The van der Waals surface area contributed by atoms with Crippen molar-refractivity contribution < 1.29 is 12.8 Å². The fourth-order valence-corrected chi connectivity index (χ4v) is 4.96. The van der Waals surface area contributed by atoms with Crippen molar-refractivity contribution in [3.05, 3.63) is 59.4 Å². The summed E-state index contributed by atoms with van der Waals surface area (Å²) < 4.78 is 40.5. The van der Waals surface area contributed by atoms with Crippen LogP contribution in [0.1, 0.15) is 18.1 Å². The molecule has 1 aliphatic rings. The summed E-state index contributed by atoms with van der Waals surface area (Å²) in [4.78, 5) is 2.43. The number of halogens is 1. The Bertz CT molecular complexity index is 859. The molecule has 25 heavy (non-hydrogen) atoms. The lowest BCUT2D eigenvalue weighted by atomic mass is 10.1. The minimum Gasteiger partial charge on any atom is -0.369 e. The van der Waals surface area contributed by atoms with Gasteiger partial charge >= 0.3 is 0 Å². The second-order valence-electron chi connectivity index (χ2n) is 6.28. The highest BCUT2D eigenvalue weighted by Crippen LogP contribution is 2.25. The summed E-state index contributed by atoms with van der Waals surface area (Å²) in [6.45, 7) is 5.90. The maximum atomic E-state index is 13.3. The van der Waals surface area contributed by atoms with Crippen molar-refractivity contribution in [3.8, 4) is 0 Å². The Kier molecular flexibility index (Phi) is 5.11. The summed E-state index contributed by atoms with van der Waals surface area (Å²) in [5.74, 6) is -0.419. The lowest BCUT2D eigenvalue weighted by molar-refractivity contribution is 0.384. The van der Waals surface area contributed by atoms with Gasteiger partial charge in [-0.1, -0.05) is 25.1 Å². The van der Waals surface area contributed by atoms with Gasteiger partial charge in [-0.3, -0.25) is 0 Å². The predicted octanol–water partition coefficient (Wildman–Crippen LogP) is 3.21. The number of para-hydroxylation sites is 1. The number of sulfonamides is 1. The van der Waals surface area contributed by atoms with Gasteiger partial charge in [0.25, 0.3) is 0 Å². The van der Waals surface area contributed by atoms with Gasteiger partial charge in [0.1, 0.15) is 5.82 Å². The molecule has 0 radical (unpaired) electrons. The Hall–Kier alpha value is -1.92. The number of nitrogens with zero attached hydrogens (tertiary/aromatic N) is 2. The molecule has 2 aromatic carbocycles. The molecule has 0 aromatic heterocycles. The minimum absolute atomic E-state index is 0.191. The van der Waals surface area contributed by atoms with Crippen LogP contribution < -0.4 is 4.90 Å². The number of rotatable bonds is 4. The molecule has 1 saturated heterocycles. The fraction of sp³-hybridized carbons (Fsp3) is 0.368. The maximum Gasteiger partial charge on any atom is 0.243 e. The molecule has 0 unspecified atom stereocenters. The van der Waals surface area contributed by atoms with Gasteiger partial charge in [0.05, 0.1) is 4.90 Å². The number of benzene rings is 2. The highest BCUT2D eigenvalue weighted by Gasteiger charge is 2.30. The van der Waals surface area contributed by atoms with E-state index in [0.717, 1.165) is 6.42 Å². The Morgan fingerprint density at radius 2 is 1.72 bits per heavy atom. The third-order valence-electron chi connectivity index (χ3n) is 4.71.